The van der Waals surface area contributed by atoms with E-state index in [-0.39, 0.29) is 0 Å². The average Bonchev–Trinajstić information content (AvgIpc) is 2.28. The first-order valence-electron chi connectivity index (χ1n) is 6.11. The maximum absolute atomic E-state index is 4.54. The lowest BCUT2D eigenvalue weighted by Gasteiger charge is -2.36. The quantitative estimate of drug-likeness (QED) is 0.837. The van der Waals surface area contributed by atoms with E-state index >= 15 is 0 Å². The molecule has 0 aliphatic carbocycles. The fourth-order valence-electron chi connectivity index (χ4n) is 2.41. The smallest absolute Gasteiger partial charge is 0.142 e. The zero-order chi connectivity index (χ0) is 12.4. The summed E-state index contributed by atoms with van der Waals surface area (Å²) in [5.41, 5.74) is 1.19. The second-order valence-corrected chi connectivity index (χ2v) is 5.84. The van der Waals surface area contributed by atoms with Gasteiger partial charge in [0.05, 0.1) is 4.47 Å². The molecule has 1 fully saturated rings. The van der Waals surface area contributed by atoms with E-state index in [2.05, 4.69) is 57.8 Å². The Balaban J connectivity index is 2.15. The second-order valence-electron chi connectivity index (χ2n) is 4.99. The van der Waals surface area contributed by atoms with E-state index in [9.17, 15) is 0 Å². The summed E-state index contributed by atoms with van der Waals surface area (Å²) in [7, 11) is 4.34. The number of likely N-dealkylation sites (N-methyl/N-ethyl adjacent to an activating group) is 2. The number of hydrogen-bond donors (Lipinski definition) is 0. The summed E-state index contributed by atoms with van der Waals surface area (Å²) >= 11 is 3.61. The van der Waals surface area contributed by atoms with Gasteiger partial charge in [0.15, 0.2) is 0 Å². The minimum absolute atomic E-state index is 0.570. The van der Waals surface area contributed by atoms with Crippen molar-refractivity contribution < 1.29 is 0 Å². The molecule has 1 aliphatic rings. The summed E-state index contributed by atoms with van der Waals surface area (Å²) in [6.07, 6.45) is 4.46. The molecule has 1 atom stereocenters. The summed E-state index contributed by atoms with van der Waals surface area (Å²) in [5, 5.41) is 0. The second kappa shape index (κ2) is 5.36. The number of halogens is 1. The SMILES string of the molecule is Cc1cnc(N(C)C2CCCN(C)C2)c(Br)c1. The number of rotatable bonds is 2. The lowest BCUT2D eigenvalue weighted by Crippen LogP contribution is -2.45. The molecule has 1 aromatic rings. The van der Waals surface area contributed by atoms with Crippen LogP contribution in [0, 0.1) is 6.92 Å². The molecule has 4 heteroatoms. The van der Waals surface area contributed by atoms with Crippen molar-refractivity contribution in [1.29, 1.82) is 0 Å². The minimum Gasteiger partial charge on any atom is -0.354 e. The van der Waals surface area contributed by atoms with Gasteiger partial charge in [0.2, 0.25) is 0 Å². The van der Waals surface area contributed by atoms with Gasteiger partial charge in [0.1, 0.15) is 5.82 Å². The van der Waals surface area contributed by atoms with Crippen LogP contribution in [0.25, 0.3) is 0 Å². The molecule has 1 saturated heterocycles. The highest BCUT2D eigenvalue weighted by Gasteiger charge is 2.23. The molecular weight excluding hydrogens is 278 g/mol. The Labute approximate surface area is 112 Å². The molecule has 94 valence electrons. The van der Waals surface area contributed by atoms with Crippen molar-refractivity contribution in [3.05, 3.63) is 22.3 Å². The first-order chi connectivity index (χ1) is 8.08. The number of aromatic nitrogens is 1. The molecule has 2 rings (SSSR count). The van der Waals surface area contributed by atoms with Crippen LogP contribution in [0.2, 0.25) is 0 Å². The van der Waals surface area contributed by atoms with Crippen molar-refractivity contribution >= 4 is 21.7 Å². The Morgan fingerprint density at radius 3 is 2.94 bits per heavy atom. The Morgan fingerprint density at radius 1 is 1.53 bits per heavy atom. The van der Waals surface area contributed by atoms with Gasteiger partial charge < -0.3 is 9.80 Å². The molecule has 3 nitrogen and oxygen atoms in total. The monoisotopic (exact) mass is 297 g/mol. The van der Waals surface area contributed by atoms with Gasteiger partial charge in [-0.2, -0.15) is 0 Å². The number of piperidine rings is 1. The molecule has 1 aliphatic heterocycles. The summed E-state index contributed by atoms with van der Waals surface area (Å²) in [6.45, 7) is 4.40. The Morgan fingerprint density at radius 2 is 2.29 bits per heavy atom. The van der Waals surface area contributed by atoms with Gasteiger partial charge in [0, 0.05) is 25.8 Å². The summed E-state index contributed by atoms with van der Waals surface area (Å²) in [6, 6.07) is 2.70. The van der Waals surface area contributed by atoms with Crippen LogP contribution in [0.5, 0.6) is 0 Å². The van der Waals surface area contributed by atoms with Crippen LogP contribution in [-0.4, -0.2) is 43.1 Å². The van der Waals surface area contributed by atoms with E-state index < -0.39 is 0 Å². The maximum atomic E-state index is 4.54. The Hall–Kier alpha value is -0.610. The standard InChI is InChI=1S/C13H20BrN3/c1-10-7-12(14)13(15-8-10)17(3)11-5-4-6-16(2)9-11/h7-8,11H,4-6,9H2,1-3H3. The summed E-state index contributed by atoms with van der Waals surface area (Å²) in [5.74, 6) is 1.05. The molecule has 0 saturated carbocycles. The van der Waals surface area contributed by atoms with E-state index in [1.54, 1.807) is 0 Å². The topological polar surface area (TPSA) is 19.4 Å². The van der Waals surface area contributed by atoms with Crippen LogP contribution >= 0.6 is 15.9 Å². The average molecular weight is 298 g/mol. The van der Waals surface area contributed by atoms with Crippen molar-refractivity contribution in [3.8, 4) is 0 Å². The first kappa shape index (κ1) is 12.8. The lowest BCUT2D eigenvalue weighted by atomic mass is 10.1. The molecule has 2 heterocycles. The van der Waals surface area contributed by atoms with Crippen LogP contribution in [0.15, 0.2) is 16.7 Å². The van der Waals surface area contributed by atoms with Gasteiger partial charge in [-0.3, -0.25) is 0 Å². The van der Waals surface area contributed by atoms with E-state index in [0.29, 0.717) is 6.04 Å². The van der Waals surface area contributed by atoms with Gasteiger partial charge in [-0.15, -0.1) is 0 Å². The minimum atomic E-state index is 0.570. The molecule has 0 radical (unpaired) electrons. The highest BCUT2D eigenvalue weighted by Crippen LogP contribution is 2.27. The molecule has 0 bridgehead atoms. The number of anilines is 1. The molecule has 0 aromatic carbocycles. The lowest BCUT2D eigenvalue weighted by molar-refractivity contribution is 0.247. The van der Waals surface area contributed by atoms with Crippen molar-refractivity contribution in [2.75, 3.05) is 32.1 Å². The molecule has 0 amide bonds. The largest absolute Gasteiger partial charge is 0.354 e. The normalized spacial score (nSPS) is 21.5. The zero-order valence-electron chi connectivity index (χ0n) is 10.8. The van der Waals surface area contributed by atoms with Gasteiger partial charge in [-0.25, -0.2) is 4.98 Å². The van der Waals surface area contributed by atoms with Crippen LogP contribution in [-0.2, 0) is 0 Å². The first-order valence-corrected chi connectivity index (χ1v) is 6.90. The zero-order valence-corrected chi connectivity index (χ0v) is 12.4. The van der Waals surface area contributed by atoms with Crippen LogP contribution in [0.4, 0.5) is 5.82 Å². The number of pyridine rings is 1. The van der Waals surface area contributed by atoms with Crippen LogP contribution in [0.3, 0.4) is 0 Å². The van der Waals surface area contributed by atoms with Crippen molar-refractivity contribution in [2.45, 2.75) is 25.8 Å². The third kappa shape index (κ3) is 2.99. The van der Waals surface area contributed by atoms with E-state index in [4.69, 9.17) is 0 Å². The fraction of sp³-hybridized carbons (Fsp3) is 0.615. The third-order valence-electron chi connectivity index (χ3n) is 3.44. The number of aryl methyl sites for hydroxylation is 1. The number of nitrogens with zero attached hydrogens (tertiary/aromatic N) is 3. The molecule has 0 spiro atoms. The van der Waals surface area contributed by atoms with Crippen LogP contribution < -0.4 is 4.90 Å². The Kier molecular flexibility index (Phi) is 4.05. The van der Waals surface area contributed by atoms with Gasteiger partial charge in [-0.05, 0) is 60.9 Å². The summed E-state index contributed by atoms with van der Waals surface area (Å²) in [4.78, 5) is 9.24. The highest BCUT2D eigenvalue weighted by atomic mass is 79.9. The maximum Gasteiger partial charge on any atom is 0.142 e. The van der Waals surface area contributed by atoms with Gasteiger partial charge in [0.25, 0.3) is 0 Å². The predicted molar refractivity (Wildman–Crippen MR) is 75.6 cm³/mol. The van der Waals surface area contributed by atoms with Gasteiger partial charge in [-0.1, -0.05) is 0 Å². The van der Waals surface area contributed by atoms with E-state index in [0.717, 1.165) is 16.8 Å². The highest BCUT2D eigenvalue weighted by molar-refractivity contribution is 9.10. The number of likely N-dealkylation sites (tertiary alicyclic amines) is 1. The molecule has 17 heavy (non-hydrogen) atoms. The molecule has 0 N–H and O–H groups in total. The molecule has 1 unspecified atom stereocenters. The fourth-order valence-corrected chi connectivity index (χ4v) is 3.16. The van der Waals surface area contributed by atoms with E-state index in [1.807, 2.05) is 6.20 Å². The van der Waals surface area contributed by atoms with Crippen LogP contribution in [0.1, 0.15) is 18.4 Å². The number of hydrogen-bond acceptors (Lipinski definition) is 3. The van der Waals surface area contributed by atoms with E-state index in [1.165, 1.54) is 24.9 Å². The molecular formula is C13H20BrN3. The molecule has 1 aromatic heterocycles. The van der Waals surface area contributed by atoms with Crippen molar-refractivity contribution in [2.24, 2.45) is 0 Å². The van der Waals surface area contributed by atoms with Crippen molar-refractivity contribution in [1.82, 2.24) is 9.88 Å². The van der Waals surface area contributed by atoms with Crippen molar-refractivity contribution in [3.63, 3.8) is 0 Å². The summed E-state index contributed by atoms with van der Waals surface area (Å²) < 4.78 is 1.09. The predicted octanol–water partition coefficient (Wildman–Crippen LogP) is 2.68. The van der Waals surface area contributed by atoms with Gasteiger partial charge >= 0.3 is 0 Å². The third-order valence-corrected chi connectivity index (χ3v) is 4.02. The Bertz CT molecular complexity index is 394.